The summed E-state index contributed by atoms with van der Waals surface area (Å²) in [4.78, 5) is 40.4. The fourth-order valence-electron chi connectivity index (χ4n) is 4.85. The first-order valence-electron chi connectivity index (χ1n) is 9.05. The summed E-state index contributed by atoms with van der Waals surface area (Å²) in [6.07, 6.45) is 1.71. The highest BCUT2D eigenvalue weighted by atomic mass is 16.2. The Bertz CT molecular complexity index is 790. The molecule has 3 N–H and O–H groups in total. The van der Waals surface area contributed by atoms with Crippen molar-refractivity contribution < 1.29 is 19.7 Å². The lowest BCUT2D eigenvalue weighted by atomic mass is 9.76. The summed E-state index contributed by atoms with van der Waals surface area (Å²) in [6, 6.07) is 5.71. The van der Waals surface area contributed by atoms with Crippen LogP contribution in [-0.2, 0) is 19.9 Å². The van der Waals surface area contributed by atoms with E-state index in [9.17, 15) is 14.4 Å². The number of carbonyl (C=O) groups excluding carboxylic acids is 3. The quantitative estimate of drug-likeness (QED) is 0.785. The number of hydrogen-bond acceptors (Lipinski definition) is 3. The molecule has 6 heteroatoms. The molecule has 3 heterocycles. The van der Waals surface area contributed by atoms with Crippen molar-refractivity contribution in [1.29, 1.82) is 0 Å². The molecule has 3 aliphatic heterocycles. The van der Waals surface area contributed by atoms with E-state index >= 15 is 0 Å². The number of aryl methyl sites for hydroxylation is 1. The number of fused-ring (bicyclic) bond motifs is 4. The van der Waals surface area contributed by atoms with Crippen LogP contribution in [-0.4, -0.2) is 35.2 Å². The summed E-state index contributed by atoms with van der Waals surface area (Å²) in [6.45, 7) is 6.41. The molecule has 0 bridgehead atoms. The molecular weight excluding hydrogens is 318 g/mol. The second-order valence-electron chi connectivity index (χ2n) is 7.58. The average Bonchev–Trinajstić information content (AvgIpc) is 3.12. The summed E-state index contributed by atoms with van der Waals surface area (Å²) in [5, 5.41) is 4.87. The van der Waals surface area contributed by atoms with Gasteiger partial charge in [0.25, 0.3) is 5.91 Å². The Balaban J connectivity index is 1.83. The third-order valence-corrected chi connectivity index (χ3v) is 6.01. The van der Waals surface area contributed by atoms with Gasteiger partial charge in [-0.15, -0.1) is 0 Å². The molecule has 2 saturated heterocycles. The second kappa shape index (κ2) is 5.39. The molecule has 1 aromatic rings. The summed E-state index contributed by atoms with van der Waals surface area (Å²) < 4.78 is 0. The van der Waals surface area contributed by atoms with E-state index in [1.54, 1.807) is 0 Å². The van der Waals surface area contributed by atoms with Gasteiger partial charge in [0, 0.05) is 12.1 Å². The van der Waals surface area contributed by atoms with Crippen molar-refractivity contribution in [1.82, 2.24) is 4.90 Å². The molecule has 132 valence electrons. The number of benzene rings is 1. The van der Waals surface area contributed by atoms with Gasteiger partial charge in [0.2, 0.25) is 17.4 Å². The van der Waals surface area contributed by atoms with E-state index in [0.29, 0.717) is 6.54 Å². The van der Waals surface area contributed by atoms with Gasteiger partial charge in [-0.3, -0.25) is 19.3 Å². The SMILES string of the molecule is CCCCN1C(=O)[C@@H]2[C@H](C)[NH2+][C@]3(C(=O)Nc4ccc(C)cc43)[C@@H]2C1=O. The minimum absolute atomic E-state index is 0.106. The molecule has 0 aliphatic carbocycles. The molecule has 4 atom stereocenters. The first kappa shape index (κ1) is 16.3. The number of nitrogens with one attached hydrogen (secondary N) is 1. The van der Waals surface area contributed by atoms with E-state index in [1.807, 2.05) is 44.3 Å². The van der Waals surface area contributed by atoms with Crippen LogP contribution in [0.2, 0.25) is 0 Å². The number of rotatable bonds is 3. The minimum atomic E-state index is -1.01. The number of quaternary nitrogens is 1. The van der Waals surface area contributed by atoms with Crippen LogP contribution >= 0.6 is 0 Å². The van der Waals surface area contributed by atoms with E-state index in [4.69, 9.17) is 0 Å². The number of nitrogens with zero attached hydrogens (tertiary/aromatic N) is 1. The van der Waals surface area contributed by atoms with Gasteiger partial charge in [-0.2, -0.15) is 0 Å². The summed E-state index contributed by atoms with van der Waals surface area (Å²) in [5.74, 6) is -1.52. The van der Waals surface area contributed by atoms with Gasteiger partial charge in [0.1, 0.15) is 11.8 Å². The van der Waals surface area contributed by atoms with Crippen molar-refractivity contribution >= 4 is 23.4 Å². The molecule has 6 nitrogen and oxygen atoms in total. The summed E-state index contributed by atoms with van der Waals surface area (Å²) in [5.41, 5.74) is 1.63. The van der Waals surface area contributed by atoms with Crippen LogP contribution < -0.4 is 10.6 Å². The maximum atomic E-state index is 13.2. The molecule has 0 unspecified atom stereocenters. The number of amides is 3. The molecule has 4 rings (SSSR count). The average molecular weight is 342 g/mol. The van der Waals surface area contributed by atoms with Gasteiger partial charge in [0.05, 0.1) is 11.7 Å². The van der Waals surface area contributed by atoms with Crippen LogP contribution in [0.3, 0.4) is 0 Å². The van der Waals surface area contributed by atoms with Crippen LogP contribution in [0.15, 0.2) is 18.2 Å². The Labute approximate surface area is 147 Å². The smallest absolute Gasteiger partial charge is 0.291 e. The molecule has 1 aromatic carbocycles. The third kappa shape index (κ3) is 1.97. The van der Waals surface area contributed by atoms with Crippen molar-refractivity contribution in [3.05, 3.63) is 29.3 Å². The van der Waals surface area contributed by atoms with Crippen molar-refractivity contribution in [3.63, 3.8) is 0 Å². The first-order valence-corrected chi connectivity index (χ1v) is 9.05. The molecule has 0 radical (unpaired) electrons. The lowest BCUT2D eigenvalue weighted by molar-refractivity contribution is -0.730. The van der Waals surface area contributed by atoms with E-state index < -0.39 is 17.4 Å². The Morgan fingerprint density at radius 3 is 2.72 bits per heavy atom. The number of unbranched alkanes of at least 4 members (excludes halogenated alkanes) is 1. The highest BCUT2D eigenvalue weighted by Gasteiger charge is 2.73. The van der Waals surface area contributed by atoms with Gasteiger partial charge < -0.3 is 10.6 Å². The monoisotopic (exact) mass is 342 g/mol. The van der Waals surface area contributed by atoms with Crippen LogP contribution in [0.4, 0.5) is 5.69 Å². The van der Waals surface area contributed by atoms with Crippen LogP contribution in [0.25, 0.3) is 0 Å². The van der Waals surface area contributed by atoms with Gasteiger partial charge in [-0.1, -0.05) is 25.0 Å². The third-order valence-electron chi connectivity index (χ3n) is 6.01. The minimum Gasteiger partial charge on any atom is -0.326 e. The highest BCUT2D eigenvalue weighted by molar-refractivity contribution is 6.13. The van der Waals surface area contributed by atoms with Crippen molar-refractivity contribution in [3.8, 4) is 0 Å². The summed E-state index contributed by atoms with van der Waals surface area (Å²) >= 11 is 0. The molecule has 0 saturated carbocycles. The lowest BCUT2D eigenvalue weighted by Crippen LogP contribution is -2.98. The number of anilines is 1. The van der Waals surface area contributed by atoms with Gasteiger partial charge in [-0.05, 0) is 32.4 Å². The van der Waals surface area contributed by atoms with Gasteiger partial charge in [0.15, 0.2) is 0 Å². The maximum Gasteiger partial charge on any atom is 0.291 e. The Kier molecular flexibility index (Phi) is 3.51. The zero-order valence-corrected chi connectivity index (χ0v) is 14.8. The predicted molar refractivity (Wildman–Crippen MR) is 91.5 cm³/mol. The zero-order valence-electron chi connectivity index (χ0n) is 14.8. The Morgan fingerprint density at radius 1 is 1.24 bits per heavy atom. The van der Waals surface area contributed by atoms with Crippen LogP contribution in [0, 0.1) is 18.8 Å². The number of likely N-dealkylation sites (tertiary alicyclic amines) is 1. The van der Waals surface area contributed by atoms with Crippen molar-refractivity contribution in [2.24, 2.45) is 11.8 Å². The predicted octanol–water partition coefficient (Wildman–Crippen LogP) is 0.509. The molecule has 25 heavy (non-hydrogen) atoms. The van der Waals surface area contributed by atoms with E-state index in [-0.39, 0.29) is 23.8 Å². The molecule has 3 aliphatic rings. The Morgan fingerprint density at radius 2 is 2.00 bits per heavy atom. The topological polar surface area (TPSA) is 83.1 Å². The fourth-order valence-corrected chi connectivity index (χ4v) is 4.85. The molecule has 3 amide bonds. The van der Waals surface area contributed by atoms with Crippen LogP contribution in [0.1, 0.15) is 37.8 Å². The lowest BCUT2D eigenvalue weighted by Gasteiger charge is -2.26. The molecule has 1 spiro atoms. The van der Waals surface area contributed by atoms with E-state index in [2.05, 4.69) is 5.32 Å². The molecule has 2 fully saturated rings. The Hall–Kier alpha value is -2.21. The highest BCUT2D eigenvalue weighted by Crippen LogP contribution is 2.49. The zero-order chi connectivity index (χ0) is 17.9. The largest absolute Gasteiger partial charge is 0.326 e. The van der Waals surface area contributed by atoms with E-state index in [0.717, 1.165) is 29.7 Å². The standard InChI is InChI=1S/C19H23N3O3/c1-4-5-8-22-16(23)14-11(3)21-19(15(14)17(22)24)12-9-10(2)6-7-13(12)20-18(19)25/h6-7,9,11,14-15,21H,4-5,8H2,1-3H3,(H,20,25)/p+1/t11-,14+,15-,19-/m0/s1. The molecule has 0 aromatic heterocycles. The van der Waals surface area contributed by atoms with Gasteiger partial charge in [-0.25, -0.2) is 0 Å². The van der Waals surface area contributed by atoms with Crippen LogP contribution in [0.5, 0.6) is 0 Å². The second-order valence-corrected chi connectivity index (χ2v) is 7.58. The molecular formula is C19H24N3O3+. The number of nitrogens with two attached hydrogens (primary N) is 1. The number of carbonyl (C=O) groups is 3. The van der Waals surface area contributed by atoms with Crippen molar-refractivity contribution in [2.75, 3.05) is 11.9 Å². The number of imide groups is 1. The maximum absolute atomic E-state index is 13.2. The normalized spacial score (nSPS) is 33.2. The van der Waals surface area contributed by atoms with E-state index in [1.165, 1.54) is 4.90 Å². The first-order chi connectivity index (χ1) is 11.9. The fraction of sp³-hybridized carbons (Fsp3) is 0.526. The van der Waals surface area contributed by atoms with Gasteiger partial charge >= 0.3 is 0 Å². The summed E-state index contributed by atoms with van der Waals surface area (Å²) in [7, 11) is 0. The number of hydrogen-bond donors (Lipinski definition) is 2. The van der Waals surface area contributed by atoms with Crippen molar-refractivity contribution in [2.45, 2.75) is 45.2 Å².